The van der Waals surface area contributed by atoms with E-state index in [9.17, 15) is 4.79 Å². The van der Waals surface area contributed by atoms with Gasteiger partial charge in [0.15, 0.2) is 0 Å². The number of hydrogen-bond donors (Lipinski definition) is 1. The number of nitrogens with zero attached hydrogens (tertiary/aromatic N) is 1. The summed E-state index contributed by atoms with van der Waals surface area (Å²) in [4.78, 5) is 11.8. The summed E-state index contributed by atoms with van der Waals surface area (Å²) in [6, 6.07) is 4.14. The molecule has 2 N–H and O–H groups in total. The third-order valence-electron chi connectivity index (χ3n) is 2.65. The normalized spacial score (nSPS) is 15.8. The maximum absolute atomic E-state index is 11.8. The summed E-state index contributed by atoms with van der Waals surface area (Å²) in [5, 5.41) is 0. The third-order valence-corrected chi connectivity index (χ3v) is 2.65. The fourth-order valence-electron chi connectivity index (χ4n) is 1.80. The van der Waals surface area contributed by atoms with Gasteiger partial charge in [-0.3, -0.25) is 4.79 Å². The summed E-state index contributed by atoms with van der Waals surface area (Å²) >= 11 is 0. The molecule has 1 aliphatic rings. The molecule has 0 radical (unpaired) electrons. The number of aryl methyl sites for hydroxylation is 1. The van der Waals surface area contributed by atoms with Crippen molar-refractivity contribution < 1.29 is 0 Å². The van der Waals surface area contributed by atoms with Gasteiger partial charge in [-0.1, -0.05) is 13.3 Å². The molecule has 1 saturated carbocycles. The standard InChI is InChI=1S/C11H16N2O/c1-2-3-8-6-7-10(12)11(14)13(8)9-4-5-9/h6-7,9H,2-5,12H2,1H3. The van der Waals surface area contributed by atoms with Gasteiger partial charge in [0.1, 0.15) is 0 Å². The highest BCUT2D eigenvalue weighted by molar-refractivity contribution is 5.36. The molecule has 14 heavy (non-hydrogen) atoms. The minimum atomic E-state index is -0.00144. The van der Waals surface area contributed by atoms with Crippen molar-refractivity contribution in [1.29, 1.82) is 0 Å². The number of nitrogen functional groups attached to an aromatic ring is 1. The van der Waals surface area contributed by atoms with E-state index in [0.29, 0.717) is 11.7 Å². The molecule has 0 aromatic carbocycles. The van der Waals surface area contributed by atoms with Crippen molar-refractivity contribution in [2.24, 2.45) is 0 Å². The first kappa shape index (κ1) is 9.31. The summed E-state index contributed by atoms with van der Waals surface area (Å²) in [5.74, 6) is 0. The van der Waals surface area contributed by atoms with E-state index in [0.717, 1.165) is 31.4 Å². The minimum Gasteiger partial charge on any atom is -0.394 e. The Morgan fingerprint density at radius 2 is 2.21 bits per heavy atom. The van der Waals surface area contributed by atoms with Gasteiger partial charge in [-0.2, -0.15) is 0 Å². The van der Waals surface area contributed by atoms with Gasteiger partial charge < -0.3 is 10.3 Å². The molecule has 0 unspecified atom stereocenters. The van der Waals surface area contributed by atoms with Crippen molar-refractivity contribution in [1.82, 2.24) is 4.57 Å². The topological polar surface area (TPSA) is 48.0 Å². The number of rotatable bonds is 3. The quantitative estimate of drug-likeness (QED) is 0.792. The molecule has 1 aromatic heterocycles. The van der Waals surface area contributed by atoms with E-state index in [1.807, 2.05) is 10.6 Å². The van der Waals surface area contributed by atoms with Crippen LogP contribution >= 0.6 is 0 Å². The lowest BCUT2D eigenvalue weighted by Gasteiger charge is -2.11. The highest BCUT2D eigenvalue weighted by Gasteiger charge is 2.26. The van der Waals surface area contributed by atoms with Gasteiger partial charge >= 0.3 is 0 Å². The molecule has 3 heteroatoms. The van der Waals surface area contributed by atoms with Gasteiger partial charge in [-0.15, -0.1) is 0 Å². The van der Waals surface area contributed by atoms with Crippen molar-refractivity contribution in [3.8, 4) is 0 Å². The number of nitrogens with two attached hydrogens (primary N) is 1. The molecule has 0 atom stereocenters. The summed E-state index contributed by atoms with van der Waals surface area (Å²) in [5.41, 5.74) is 7.12. The van der Waals surface area contributed by atoms with Crippen molar-refractivity contribution in [3.63, 3.8) is 0 Å². The van der Waals surface area contributed by atoms with Crippen LogP contribution in [-0.2, 0) is 6.42 Å². The fraction of sp³-hybridized carbons (Fsp3) is 0.545. The van der Waals surface area contributed by atoms with Crippen molar-refractivity contribution in [2.45, 2.75) is 38.6 Å². The fourth-order valence-corrected chi connectivity index (χ4v) is 1.80. The molecule has 1 fully saturated rings. The first-order valence-electron chi connectivity index (χ1n) is 5.24. The van der Waals surface area contributed by atoms with Gasteiger partial charge in [0.2, 0.25) is 0 Å². The lowest BCUT2D eigenvalue weighted by molar-refractivity contribution is 0.651. The first-order chi connectivity index (χ1) is 6.74. The van der Waals surface area contributed by atoms with Crippen LogP contribution in [0.2, 0.25) is 0 Å². The van der Waals surface area contributed by atoms with Crippen LogP contribution in [0.4, 0.5) is 5.69 Å². The number of aromatic nitrogens is 1. The minimum absolute atomic E-state index is 0.00144. The van der Waals surface area contributed by atoms with Crippen molar-refractivity contribution >= 4 is 5.69 Å². The monoisotopic (exact) mass is 192 g/mol. The highest BCUT2D eigenvalue weighted by atomic mass is 16.1. The number of pyridine rings is 1. The number of hydrogen-bond acceptors (Lipinski definition) is 2. The molecule has 0 bridgehead atoms. The van der Waals surface area contributed by atoms with Crippen LogP contribution in [0, 0.1) is 0 Å². The zero-order chi connectivity index (χ0) is 10.1. The SMILES string of the molecule is CCCc1ccc(N)c(=O)n1C1CC1. The summed E-state index contributed by atoms with van der Waals surface area (Å²) in [6.45, 7) is 2.12. The second-order valence-corrected chi connectivity index (χ2v) is 3.94. The molecule has 0 amide bonds. The molecular weight excluding hydrogens is 176 g/mol. The Bertz CT molecular complexity index is 391. The van der Waals surface area contributed by atoms with Crippen LogP contribution in [0.5, 0.6) is 0 Å². The Morgan fingerprint density at radius 1 is 1.50 bits per heavy atom. The van der Waals surface area contributed by atoms with Gasteiger partial charge in [-0.25, -0.2) is 0 Å². The molecule has 1 aliphatic carbocycles. The lowest BCUT2D eigenvalue weighted by atomic mass is 10.2. The predicted octanol–water partition coefficient (Wildman–Crippen LogP) is 1.72. The number of anilines is 1. The van der Waals surface area contributed by atoms with Gasteiger partial charge in [0, 0.05) is 11.7 Å². The Labute approximate surface area is 83.5 Å². The molecule has 0 aliphatic heterocycles. The van der Waals surface area contributed by atoms with E-state index in [1.54, 1.807) is 6.07 Å². The van der Waals surface area contributed by atoms with Crippen LogP contribution in [0.1, 0.15) is 37.9 Å². The molecule has 0 spiro atoms. The van der Waals surface area contributed by atoms with Gasteiger partial charge in [-0.05, 0) is 31.4 Å². The van der Waals surface area contributed by atoms with E-state index in [-0.39, 0.29) is 5.56 Å². The molecule has 1 aromatic rings. The molecule has 3 nitrogen and oxygen atoms in total. The second-order valence-electron chi connectivity index (χ2n) is 3.94. The molecule has 76 valence electrons. The van der Waals surface area contributed by atoms with E-state index < -0.39 is 0 Å². The second kappa shape index (κ2) is 3.48. The smallest absolute Gasteiger partial charge is 0.274 e. The maximum atomic E-state index is 11.8. The summed E-state index contributed by atoms with van der Waals surface area (Å²) < 4.78 is 1.89. The average molecular weight is 192 g/mol. The van der Waals surface area contributed by atoms with Crippen LogP contribution in [0.15, 0.2) is 16.9 Å². The van der Waals surface area contributed by atoms with E-state index in [4.69, 9.17) is 5.73 Å². The third kappa shape index (κ3) is 1.54. The Kier molecular flexibility index (Phi) is 2.32. The van der Waals surface area contributed by atoms with Crippen LogP contribution in [-0.4, -0.2) is 4.57 Å². The Hall–Kier alpha value is -1.25. The zero-order valence-electron chi connectivity index (χ0n) is 8.49. The maximum Gasteiger partial charge on any atom is 0.274 e. The zero-order valence-corrected chi connectivity index (χ0v) is 8.49. The summed E-state index contributed by atoms with van der Waals surface area (Å²) in [6.07, 6.45) is 4.28. The Morgan fingerprint density at radius 3 is 2.79 bits per heavy atom. The predicted molar refractivity (Wildman–Crippen MR) is 57.4 cm³/mol. The largest absolute Gasteiger partial charge is 0.394 e. The molecular formula is C11H16N2O. The van der Waals surface area contributed by atoms with Crippen molar-refractivity contribution in [3.05, 3.63) is 28.2 Å². The molecule has 1 heterocycles. The van der Waals surface area contributed by atoms with Crippen LogP contribution < -0.4 is 11.3 Å². The van der Waals surface area contributed by atoms with E-state index in [1.165, 1.54) is 0 Å². The molecule has 0 saturated heterocycles. The van der Waals surface area contributed by atoms with Gasteiger partial charge in [0.05, 0.1) is 5.69 Å². The van der Waals surface area contributed by atoms with E-state index in [2.05, 4.69) is 6.92 Å². The Balaban J connectivity index is 2.48. The van der Waals surface area contributed by atoms with E-state index >= 15 is 0 Å². The molecule has 2 rings (SSSR count). The van der Waals surface area contributed by atoms with Crippen molar-refractivity contribution in [2.75, 3.05) is 5.73 Å². The van der Waals surface area contributed by atoms with Crippen LogP contribution in [0.3, 0.4) is 0 Å². The average Bonchev–Trinajstić information content (AvgIpc) is 2.96. The van der Waals surface area contributed by atoms with Gasteiger partial charge in [0.25, 0.3) is 5.56 Å². The first-order valence-corrected chi connectivity index (χ1v) is 5.24. The summed E-state index contributed by atoms with van der Waals surface area (Å²) in [7, 11) is 0. The highest BCUT2D eigenvalue weighted by Crippen LogP contribution is 2.34. The van der Waals surface area contributed by atoms with Crippen LogP contribution in [0.25, 0.3) is 0 Å². The lowest BCUT2D eigenvalue weighted by Crippen LogP contribution is -2.24.